The average Bonchev–Trinajstić information content (AvgIpc) is 2.80. The van der Waals surface area contributed by atoms with Gasteiger partial charge >= 0.3 is 0 Å². The van der Waals surface area contributed by atoms with Crippen LogP contribution in [-0.2, 0) is 6.61 Å². The van der Waals surface area contributed by atoms with Crippen molar-refractivity contribution in [3.63, 3.8) is 0 Å². The summed E-state index contributed by atoms with van der Waals surface area (Å²) in [4.78, 5) is 4.04. The van der Waals surface area contributed by atoms with E-state index >= 15 is 0 Å². The van der Waals surface area contributed by atoms with E-state index in [1.54, 1.807) is 23.7 Å². The van der Waals surface area contributed by atoms with Gasteiger partial charge in [-0.2, -0.15) is 0 Å². The number of thiophene rings is 1. The van der Waals surface area contributed by atoms with Gasteiger partial charge < -0.3 is 4.74 Å². The summed E-state index contributed by atoms with van der Waals surface area (Å²) in [6.45, 7) is 2.71. The van der Waals surface area contributed by atoms with E-state index in [-0.39, 0.29) is 0 Å². The van der Waals surface area contributed by atoms with Crippen LogP contribution in [0.25, 0.3) is 10.1 Å². The van der Waals surface area contributed by atoms with E-state index in [1.807, 2.05) is 12.1 Å². The van der Waals surface area contributed by atoms with Gasteiger partial charge in [-0.1, -0.05) is 12.1 Å². The van der Waals surface area contributed by atoms with Gasteiger partial charge in [-0.05, 0) is 41.5 Å². The number of hydrogen-bond acceptors (Lipinski definition) is 3. The van der Waals surface area contributed by atoms with E-state index in [9.17, 15) is 0 Å². The second kappa shape index (κ2) is 4.78. The van der Waals surface area contributed by atoms with Crippen molar-refractivity contribution in [3.8, 4) is 5.75 Å². The Labute approximate surface area is 110 Å². The fourth-order valence-corrected chi connectivity index (χ4v) is 2.94. The van der Waals surface area contributed by atoms with Crippen LogP contribution in [0.3, 0.4) is 0 Å². The molecule has 3 aromatic rings. The Balaban J connectivity index is 1.83. The van der Waals surface area contributed by atoms with Crippen LogP contribution < -0.4 is 4.74 Å². The molecule has 2 aromatic heterocycles. The highest BCUT2D eigenvalue weighted by molar-refractivity contribution is 7.17. The quantitative estimate of drug-likeness (QED) is 0.700. The molecule has 0 radical (unpaired) electrons. The minimum absolute atomic E-state index is 0.592. The van der Waals surface area contributed by atoms with Crippen LogP contribution in [0.2, 0.25) is 0 Å². The number of aromatic nitrogens is 1. The zero-order chi connectivity index (χ0) is 12.4. The number of ether oxygens (including phenoxy) is 1. The molecule has 0 atom stereocenters. The second-order valence-electron chi connectivity index (χ2n) is 4.24. The third-order valence-electron chi connectivity index (χ3n) is 2.84. The molecule has 18 heavy (non-hydrogen) atoms. The predicted octanol–water partition coefficient (Wildman–Crippen LogP) is 4.18. The highest BCUT2D eigenvalue weighted by Gasteiger charge is 2.04. The molecule has 0 saturated carbocycles. The topological polar surface area (TPSA) is 22.1 Å². The molecular weight excluding hydrogens is 242 g/mol. The molecule has 90 valence electrons. The van der Waals surface area contributed by atoms with Crippen molar-refractivity contribution >= 4 is 21.4 Å². The first-order valence-corrected chi connectivity index (χ1v) is 6.70. The summed E-state index contributed by atoms with van der Waals surface area (Å²) in [6.07, 6.45) is 3.48. The van der Waals surface area contributed by atoms with Gasteiger partial charge in [0.2, 0.25) is 0 Å². The monoisotopic (exact) mass is 255 g/mol. The Hall–Kier alpha value is -1.87. The molecule has 0 aliphatic rings. The Kier molecular flexibility index (Phi) is 2.99. The van der Waals surface area contributed by atoms with Crippen LogP contribution in [0.5, 0.6) is 5.75 Å². The molecule has 0 spiro atoms. The SMILES string of the molecule is Cc1ccc2c(COc3cccnc3)csc2c1. The van der Waals surface area contributed by atoms with Crippen LogP contribution in [0.4, 0.5) is 0 Å². The number of fused-ring (bicyclic) bond motifs is 1. The van der Waals surface area contributed by atoms with Crippen molar-refractivity contribution in [2.45, 2.75) is 13.5 Å². The summed E-state index contributed by atoms with van der Waals surface area (Å²) >= 11 is 1.77. The summed E-state index contributed by atoms with van der Waals surface area (Å²) in [5.74, 6) is 0.809. The van der Waals surface area contributed by atoms with Crippen LogP contribution in [-0.4, -0.2) is 4.98 Å². The maximum absolute atomic E-state index is 5.73. The smallest absolute Gasteiger partial charge is 0.138 e. The average molecular weight is 255 g/mol. The molecule has 3 heteroatoms. The van der Waals surface area contributed by atoms with Gasteiger partial charge in [0.1, 0.15) is 12.4 Å². The van der Waals surface area contributed by atoms with Gasteiger partial charge in [0.05, 0.1) is 6.20 Å². The second-order valence-corrected chi connectivity index (χ2v) is 5.15. The maximum Gasteiger partial charge on any atom is 0.138 e. The van der Waals surface area contributed by atoms with Crippen molar-refractivity contribution < 1.29 is 4.74 Å². The van der Waals surface area contributed by atoms with Gasteiger partial charge in [-0.25, -0.2) is 0 Å². The van der Waals surface area contributed by atoms with E-state index in [2.05, 4.69) is 35.5 Å². The lowest BCUT2D eigenvalue weighted by atomic mass is 10.1. The number of nitrogens with zero attached hydrogens (tertiary/aromatic N) is 1. The van der Waals surface area contributed by atoms with Crippen molar-refractivity contribution in [1.29, 1.82) is 0 Å². The lowest BCUT2D eigenvalue weighted by molar-refractivity contribution is 0.307. The van der Waals surface area contributed by atoms with Gasteiger partial charge in [-0.15, -0.1) is 11.3 Å². The molecule has 0 amide bonds. The Morgan fingerprint density at radius 3 is 3.06 bits per heavy atom. The fourth-order valence-electron chi connectivity index (χ4n) is 1.90. The Morgan fingerprint density at radius 2 is 2.22 bits per heavy atom. The van der Waals surface area contributed by atoms with Crippen LogP contribution >= 0.6 is 11.3 Å². The lowest BCUT2D eigenvalue weighted by Gasteiger charge is -2.04. The van der Waals surface area contributed by atoms with E-state index in [0.717, 1.165) is 5.75 Å². The summed E-state index contributed by atoms with van der Waals surface area (Å²) in [5.41, 5.74) is 2.53. The van der Waals surface area contributed by atoms with E-state index in [4.69, 9.17) is 4.74 Å². The first-order chi connectivity index (χ1) is 8.83. The summed E-state index contributed by atoms with van der Waals surface area (Å²) in [7, 11) is 0. The highest BCUT2D eigenvalue weighted by Crippen LogP contribution is 2.27. The van der Waals surface area contributed by atoms with E-state index in [0.29, 0.717) is 6.61 Å². The minimum atomic E-state index is 0.592. The van der Waals surface area contributed by atoms with Crippen molar-refractivity contribution in [2.24, 2.45) is 0 Å². The minimum Gasteiger partial charge on any atom is -0.487 e. The molecular formula is C15H13NOS. The number of benzene rings is 1. The number of hydrogen-bond donors (Lipinski definition) is 0. The van der Waals surface area contributed by atoms with Crippen LogP contribution in [0, 0.1) is 6.92 Å². The molecule has 0 unspecified atom stereocenters. The number of rotatable bonds is 3. The largest absolute Gasteiger partial charge is 0.487 e. The molecule has 3 rings (SSSR count). The molecule has 0 saturated heterocycles. The van der Waals surface area contributed by atoms with Crippen LogP contribution in [0.15, 0.2) is 48.1 Å². The molecule has 1 aromatic carbocycles. The summed E-state index contributed by atoms with van der Waals surface area (Å²) in [5, 5.41) is 3.45. The first kappa shape index (κ1) is 11.2. The predicted molar refractivity (Wildman–Crippen MR) is 75.1 cm³/mol. The van der Waals surface area contributed by atoms with Crippen molar-refractivity contribution in [3.05, 3.63) is 59.2 Å². The summed E-state index contributed by atoms with van der Waals surface area (Å²) in [6, 6.07) is 10.3. The normalized spacial score (nSPS) is 10.7. The summed E-state index contributed by atoms with van der Waals surface area (Å²) < 4.78 is 7.05. The fraction of sp³-hybridized carbons (Fsp3) is 0.133. The highest BCUT2D eigenvalue weighted by atomic mass is 32.1. The van der Waals surface area contributed by atoms with Crippen molar-refractivity contribution in [2.75, 3.05) is 0 Å². The zero-order valence-electron chi connectivity index (χ0n) is 10.1. The third kappa shape index (κ3) is 2.22. The molecule has 0 N–H and O–H groups in total. The molecule has 2 heterocycles. The molecule has 0 fully saturated rings. The van der Waals surface area contributed by atoms with Gasteiger partial charge in [-0.3, -0.25) is 4.98 Å². The van der Waals surface area contributed by atoms with Gasteiger partial charge in [0.15, 0.2) is 0 Å². The molecule has 2 nitrogen and oxygen atoms in total. The number of aryl methyl sites for hydroxylation is 1. The molecule has 0 aliphatic carbocycles. The maximum atomic E-state index is 5.73. The van der Waals surface area contributed by atoms with Gasteiger partial charge in [0.25, 0.3) is 0 Å². The molecule has 0 aliphatic heterocycles. The van der Waals surface area contributed by atoms with Gasteiger partial charge in [0, 0.05) is 16.5 Å². The molecule has 0 bridgehead atoms. The number of pyridine rings is 1. The standard InChI is InChI=1S/C15H13NOS/c1-11-4-5-14-12(10-18-15(14)7-11)9-17-13-3-2-6-16-8-13/h2-8,10H,9H2,1H3. The third-order valence-corrected chi connectivity index (χ3v) is 3.83. The van der Waals surface area contributed by atoms with Crippen molar-refractivity contribution in [1.82, 2.24) is 4.98 Å². The van der Waals surface area contributed by atoms with Crippen LogP contribution in [0.1, 0.15) is 11.1 Å². The lowest BCUT2D eigenvalue weighted by Crippen LogP contribution is -1.94. The van der Waals surface area contributed by atoms with E-state index in [1.165, 1.54) is 21.2 Å². The Bertz CT molecular complexity index is 661. The Morgan fingerprint density at radius 1 is 1.28 bits per heavy atom. The first-order valence-electron chi connectivity index (χ1n) is 5.82. The van der Waals surface area contributed by atoms with E-state index < -0.39 is 0 Å². The zero-order valence-corrected chi connectivity index (χ0v) is 10.9.